The van der Waals surface area contributed by atoms with Gasteiger partial charge in [0, 0.05) is 6.04 Å². The fourth-order valence-electron chi connectivity index (χ4n) is 4.14. The van der Waals surface area contributed by atoms with Crippen LogP contribution in [0.25, 0.3) is 0 Å². The summed E-state index contributed by atoms with van der Waals surface area (Å²) in [5.41, 5.74) is 0. The molecule has 0 amide bonds. The highest BCUT2D eigenvalue weighted by Crippen LogP contribution is 2.16. The predicted molar refractivity (Wildman–Crippen MR) is 117 cm³/mol. The third kappa shape index (κ3) is 15.9. The van der Waals surface area contributed by atoms with Crippen LogP contribution in [-0.2, 0) is 0 Å². The van der Waals surface area contributed by atoms with Crippen molar-refractivity contribution >= 4 is 0 Å². The van der Waals surface area contributed by atoms with Gasteiger partial charge in [0.05, 0.1) is 0 Å². The van der Waals surface area contributed by atoms with Crippen LogP contribution in [0.1, 0.15) is 137 Å². The second-order valence-corrected chi connectivity index (χ2v) is 8.02. The van der Waals surface area contributed by atoms with E-state index in [1.54, 1.807) is 0 Å². The second-order valence-electron chi connectivity index (χ2n) is 8.02. The third-order valence-electron chi connectivity index (χ3n) is 5.94. The number of hydrogen-bond acceptors (Lipinski definition) is 1. The van der Waals surface area contributed by atoms with Crippen molar-refractivity contribution in [2.75, 3.05) is 13.1 Å². The summed E-state index contributed by atoms with van der Waals surface area (Å²) < 4.78 is 0. The predicted octanol–water partition coefficient (Wildman–Crippen LogP) is 8.37. The summed E-state index contributed by atoms with van der Waals surface area (Å²) in [5, 5.41) is 0. The van der Waals surface area contributed by atoms with Gasteiger partial charge in [0.2, 0.25) is 0 Å². The van der Waals surface area contributed by atoms with E-state index < -0.39 is 0 Å². The van der Waals surface area contributed by atoms with Gasteiger partial charge in [-0.05, 0) is 25.9 Å². The minimum Gasteiger partial charge on any atom is -0.301 e. The summed E-state index contributed by atoms with van der Waals surface area (Å²) >= 11 is 0. The van der Waals surface area contributed by atoms with Gasteiger partial charge in [0.1, 0.15) is 0 Å². The molecule has 0 radical (unpaired) electrons. The first-order valence-corrected chi connectivity index (χ1v) is 12.0. The smallest absolute Gasteiger partial charge is 0.00924 e. The fraction of sp³-hybridized carbons (Fsp3) is 1.00. The van der Waals surface area contributed by atoms with Crippen LogP contribution in [0.5, 0.6) is 0 Å². The Labute approximate surface area is 161 Å². The van der Waals surface area contributed by atoms with Gasteiger partial charge in [-0.1, -0.05) is 124 Å². The monoisotopic (exact) mass is 353 g/mol. The molecule has 0 aliphatic heterocycles. The molecule has 0 saturated heterocycles. The Balaban J connectivity index is 3.25. The standard InChI is InChI=1S/C24H51N/c1-5-9-10-11-12-13-14-15-16-17-18-19-20-21-22-23-24(6-2)25(7-3)8-4/h24H,5-23H2,1-4H3. The van der Waals surface area contributed by atoms with Gasteiger partial charge < -0.3 is 4.90 Å². The van der Waals surface area contributed by atoms with E-state index in [9.17, 15) is 0 Å². The molecule has 0 N–H and O–H groups in total. The first kappa shape index (κ1) is 25.0. The Morgan fingerprint density at radius 2 is 0.840 bits per heavy atom. The molecule has 0 fully saturated rings. The van der Waals surface area contributed by atoms with Gasteiger partial charge in [0.15, 0.2) is 0 Å². The molecular formula is C24H51N. The van der Waals surface area contributed by atoms with E-state index in [2.05, 4.69) is 32.6 Å². The Bertz CT molecular complexity index is 234. The lowest BCUT2D eigenvalue weighted by Crippen LogP contribution is -2.34. The van der Waals surface area contributed by atoms with Gasteiger partial charge in [-0.3, -0.25) is 0 Å². The van der Waals surface area contributed by atoms with E-state index in [4.69, 9.17) is 0 Å². The minimum atomic E-state index is 0.831. The lowest BCUT2D eigenvalue weighted by molar-refractivity contribution is 0.196. The highest BCUT2D eigenvalue weighted by molar-refractivity contribution is 4.68. The average Bonchev–Trinajstić information content (AvgIpc) is 2.64. The molecule has 0 bridgehead atoms. The first-order valence-electron chi connectivity index (χ1n) is 12.0. The van der Waals surface area contributed by atoms with Gasteiger partial charge >= 0.3 is 0 Å². The Hall–Kier alpha value is -0.0400. The Morgan fingerprint density at radius 1 is 0.480 bits per heavy atom. The third-order valence-corrected chi connectivity index (χ3v) is 5.94. The number of hydrogen-bond donors (Lipinski definition) is 0. The summed E-state index contributed by atoms with van der Waals surface area (Å²) in [5.74, 6) is 0. The Kier molecular flexibility index (Phi) is 20.2. The van der Waals surface area contributed by atoms with Crippen molar-refractivity contribution < 1.29 is 0 Å². The van der Waals surface area contributed by atoms with Crippen LogP contribution in [-0.4, -0.2) is 24.0 Å². The Morgan fingerprint density at radius 3 is 1.16 bits per heavy atom. The van der Waals surface area contributed by atoms with Crippen molar-refractivity contribution in [1.82, 2.24) is 4.90 Å². The SMILES string of the molecule is CCCCCCCCCCCCCCCCCC(CC)N(CC)CC. The molecule has 25 heavy (non-hydrogen) atoms. The van der Waals surface area contributed by atoms with Crippen molar-refractivity contribution in [3.8, 4) is 0 Å². The van der Waals surface area contributed by atoms with E-state index in [1.165, 1.54) is 122 Å². The summed E-state index contributed by atoms with van der Waals surface area (Å²) in [6.07, 6.45) is 24.7. The number of nitrogens with zero attached hydrogens (tertiary/aromatic N) is 1. The van der Waals surface area contributed by atoms with Crippen molar-refractivity contribution in [3.05, 3.63) is 0 Å². The van der Waals surface area contributed by atoms with Gasteiger partial charge in [0.25, 0.3) is 0 Å². The molecule has 0 rings (SSSR count). The van der Waals surface area contributed by atoms with Crippen LogP contribution in [0.15, 0.2) is 0 Å². The van der Waals surface area contributed by atoms with E-state index in [-0.39, 0.29) is 0 Å². The molecule has 0 aromatic rings. The van der Waals surface area contributed by atoms with Crippen molar-refractivity contribution in [1.29, 1.82) is 0 Å². The van der Waals surface area contributed by atoms with Gasteiger partial charge in [-0.25, -0.2) is 0 Å². The zero-order valence-electron chi connectivity index (χ0n) is 18.5. The van der Waals surface area contributed by atoms with Crippen LogP contribution < -0.4 is 0 Å². The maximum absolute atomic E-state index is 2.64. The molecular weight excluding hydrogens is 302 g/mol. The van der Waals surface area contributed by atoms with E-state index in [0.29, 0.717) is 0 Å². The molecule has 0 saturated carbocycles. The molecule has 1 heteroatoms. The topological polar surface area (TPSA) is 3.24 Å². The van der Waals surface area contributed by atoms with E-state index in [1.807, 2.05) is 0 Å². The van der Waals surface area contributed by atoms with E-state index in [0.717, 1.165) is 6.04 Å². The largest absolute Gasteiger partial charge is 0.301 e. The lowest BCUT2D eigenvalue weighted by Gasteiger charge is -2.28. The summed E-state index contributed by atoms with van der Waals surface area (Å²) in [7, 11) is 0. The average molecular weight is 354 g/mol. The molecule has 1 unspecified atom stereocenters. The fourth-order valence-corrected chi connectivity index (χ4v) is 4.14. The molecule has 0 spiro atoms. The van der Waals surface area contributed by atoms with Crippen LogP contribution in [0.3, 0.4) is 0 Å². The van der Waals surface area contributed by atoms with Gasteiger partial charge in [-0.2, -0.15) is 0 Å². The summed E-state index contributed by atoms with van der Waals surface area (Å²) in [6, 6.07) is 0.831. The number of unbranched alkanes of at least 4 members (excludes halogenated alkanes) is 14. The zero-order chi connectivity index (χ0) is 18.6. The van der Waals surface area contributed by atoms with Crippen molar-refractivity contribution in [2.45, 2.75) is 143 Å². The van der Waals surface area contributed by atoms with Crippen LogP contribution in [0.4, 0.5) is 0 Å². The minimum absolute atomic E-state index is 0.831. The molecule has 0 heterocycles. The van der Waals surface area contributed by atoms with Gasteiger partial charge in [-0.15, -0.1) is 0 Å². The van der Waals surface area contributed by atoms with Crippen LogP contribution in [0.2, 0.25) is 0 Å². The number of rotatable bonds is 20. The normalized spacial score (nSPS) is 12.8. The van der Waals surface area contributed by atoms with Crippen molar-refractivity contribution in [2.24, 2.45) is 0 Å². The first-order chi connectivity index (χ1) is 12.3. The van der Waals surface area contributed by atoms with Crippen LogP contribution >= 0.6 is 0 Å². The molecule has 0 aromatic carbocycles. The molecule has 1 nitrogen and oxygen atoms in total. The quantitative estimate of drug-likeness (QED) is 0.199. The maximum atomic E-state index is 2.64. The second kappa shape index (κ2) is 20.3. The molecule has 1 atom stereocenters. The van der Waals surface area contributed by atoms with E-state index >= 15 is 0 Å². The van der Waals surface area contributed by atoms with Crippen molar-refractivity contribution in [3.63, 3.8) is 0 Å². The molecule has 0 aliphatic rings. The molecule has 0 aliphatic carbocycles. The molecule has 152 valence electrons. The summed E-state index contributed by atoms with van der Waals surface area (Å²) in [4.78, 5) is 2.64. The summed E-state index contributed by atoms with van der Waals surface area (Å²) in [6.45, 7) is 11.7. The highest BCUT2D eigenvalue weighted by atomic mass is 15.1. The lowest BCUT2D eigenvalue weighted by atomic mass is 10.0. The highest BCUT2D eigenvalue weighted by Gasteiger charge is 2.12. The molecule has 0 aromatic heterocycles. The zero-order valence-corrected chi connectivity index (χ0v) is 18.5. The van der Waals surface area contributed by atoms with Crippen LogP contribution in [0, 0.1) is 0 Å². The maximum Gasteiger partial charge on any atom is 0.00924 e.